The number of hydrogen-bond donors (Lipinski definition) is 1. The van der Waals surface area contributed by atoms with Gasteiger partial charge in [-0.05, 0) is 44.7 Å². The number of aryl methyl sites for hydroxylation is 1. The molecule has 0 heterocycles. The molecular weight excluding hydrogens is 236 g/mol. The monoisotopic (exact) mass is 252 g/mol. The maximum atomic E-state index is 11.9. The Morgan fingerprint density at radius 2 is 1.88 bits per heavy atom. The van der Waals surface area contributed by atoms with Crippen LogP contribution in [0, 0.1) is 12.8 Å². The van der Waals surface area contributed by atoms with Gasteiger partial charge in [-0.15, -0.1) is 0 Å². The van der Waals surface area contributed by atoms with Gasteiger partial charge in [0.15, 0.2) is 0 Å². The number of rotatable bonds is 4. The fourth-order valence-corrected chi connectivity index (χ4v) is 2.36. The molecule has 1 N–H and O–H groups in total. The Bertz CT molecular complexity index is 528. The van der Waals surface area contributed by atoms with E-state index in [2.05, 4.69) is 9.93 Å². The molecule has 0 spiro atoms. The number of nitrogens with one attached hydrogen (secondary N) is 1. The molecule has 1 aliphatic carbocycles. The molecule has 0 radical (unpaired) electrons. The summed E-state index contributed by atoms with van der Waals surface area (Å²) in [6.07, 6.45) is 2.23. The molecule has 4 nitrogen and oxygen atoms in total. The van der Waals surface area contributed by atoms with E-state index in [9.17, 15) is 8.42 Å². The van der Waals surface area contributed by atoms with Crippen LogP contribution in [0.2, 0.25) is 0 Å². The van der Waals surface area contributed by atoms with Crippen LogP contribution in [0.3, 0.4) is 0 Å². The standard InChI is InChI=1S/C12H16N2O2S/c1-9-3-7-12(8-4-9)17(15,16)14-13-10(2)11-5-6-11/h3-4,7-8,11,14H,5-6H2,1-2H3/b13-10-. The molecule has 0 aromatic heterocycles. The molecule has 92 valence electrons. The van der Waals surface area contributed by atoms with Crippen LogP contribution in [0.5, 0.6) is 0 Å². The van der Waals surface area contributed by atoms with Crippen LogP contribution in [-0.4, -0.2) is 14.1 Å². The molecule has 0 amide bonds. The summed E-state index contributed by atoms with van der Waals surface area (Å²) in [6.45, 7) is 3.77. The van der Waals surface area contributed by atoms with Gasteiger partial charge in [0.05, 0.1) is 4.90 Å². The Morgan fingerprint density at radius 3 is 2.41 bits per heavy atom. The Balaban J connectivity index is 2.13. The largest absolute Gasteiger partial charge is 0.276 e. The molecule has 1 fully saturated rings. The van der Waals surface area contributed by atoms with E-state index in [1.54, 1.807) is 24.3 Å². The van der Waals surface area contributed by atoms with Gasteiger partial charge < -0.3 is 0 Å². The third-order valence-electron chi connectivity index (χ3n) is 2.84. The van der Waals surface area contributed by atoms with Crippen LogP contribution in [0.4, 0.5) is 0 Å². The quantitative estimate of drug-likeness (QED) is 0.658. The van der Waals surface area contributed by atoms with Crippen LogP contribution in [0.25, 0.3) is 0 Å². The van der Waals surface area contributed by atoms with E-state index in [1.165, 1.54) is 0 Å². The average molecular weight is 252 g/mol. The van der Waals surface area contributed by atoms with Crippen LogP contribution in [0.15, 0.2) is 34.3 Å². The van der Waals surface area contributed by atoms with Gasteiger partial charge in [-0.1, -0.05) is 17.7 Å². The normalized spacial score (nSPS) is 16.9. The molecule has 1 aromatic rings. The maximum absolute atomic E-state index is 11.9. The third-order valence-corrected chi connectivity index (χ3v) is 4.07. The van der Waals surface area contributed by atoms with Gasteiger partial charge in [0, 0.05) is 5.71 Å². The molecule has 0 saturated heterocycles. The Hall–Kier alpha value is -1.36. The first-order valence-corrected chi connectivity index (χ1v) is 7.10. The Morgan fingerprint density at radius 1 is 1.29 bits per heavy atom. The summed E-state index contributed by atoms with van der Waals surface area (Å²) in [5, 5.41) is 3.94. The lowest BCUT2D eigenvalue weighted by atomic mass is 10.2. The summed E-state index contributed by atoms with van der Waals surface area (Å²) in [4.78, 5) is 2.52. The summed E-state index contributed by atoms with van der Waals surface area (Å²) in [5.41, 5.74) is 1.89. The van der Waals surface area contributed by atoms with Gasteiger partial charge in [-0.25, -0.2) is 4.83 Å². The second kappa shape index (κ2) is 4.49. The summed E-state index contributed by atoms with van der Waals surface area (Å²) in [6, 6.07) is 6.71. The second-order valence-corrected chi connectivity index (χ2v) is 6.10. The maximum Gasteiger partial charge on any atom is 0.276 e. The lowest BCUT2D eigenvalue weighted by Crippen LogP contribution is -2.20. The highest BCUT2D eigenvalue weighted by molar-refractivity contribution is 7.89. The third kappa shape index (κ3) is 3.06. The van der Waals surface area contributed by atoms with Crippen molar-refractivity contribution in [3.05, 3.63) is 29.8 Å². The van der Waals surface area contributed by atoms with E-state index in [0.29, 0.717) is 5.92 Å². The van der Waals surface area contributed by atoms with Crippen LogP contribution in [-0.2, 0) is 10.0 Å². The van der Waals surface area contributed by atoms with Gasteiger partial charge in [-0.2, -0.15) is 13.5 Å². The van der Waals surface area contributed by atoms with Crippen molar-refractivity contribution in [3.63, 3.8) is 0 Å². The van der Waals surface area contributed by atoms with Gasteiger partial charge in [-0.3, -0.25) is 0 Å². The van der Waals surface area contributed by atoms with Crippen molar-refractivity contribution < 1.29 is 8.42 Å². The lowest BCUT2D eigenvalue weighted by Gasteiger charge is -2.04. The predicted octanol–water partition coefficient (Wildman–Crippen LogP) is 2.06. The molecule has 1 aliphatic rings. The van der Waals surface area contributed by atoms with E-state index < -0.39 is 10.0 Å². The minimum Gasteiger partial charge on any atom is -0.200 e. The Labute approximate surface area is 102 Å². The molecule has 0 unspecified atom stereocenters. The van der Waals surface area contributed by atoms with E-state index in [4.69, 9.17) is 0 Å². The molecule has 5 heteroatoms. The van der Waals surface area contributed by atoms with Crippen molar-refractivity contribution in [1.29, 1.82) is 0 Å². The molecule has 1 aromatic carbocycles. The summed E-state index contributed by atoms with van der Waals surface area (Å²) in [7, 11) is -3.52. The second-order valence-electron chi connectivity index (χ2n) is 4.44. The predicted molar refractivity (Wildman–Crippen MR) is 67.3 cm³/mol. The number of sulfonamides is 1. The van der Waals surface area contributed by atoms with Crippen LogP contribution < -0.4 is 4.83 Å². The first kappa shape index (κ1) is 12.1. The summed E-state index contributed by atoms with van der Waals surface area (Å²) in [5.74, 6) is 0.468. The minimum absolute atomic E-state index is 0.246. The van der Waals surface area contributed by atoms with Gasteiger partial charge in [0.2, 0.25) is 0 Å². The lowest BCUT2D eigenvalue weighted by molar-refractivity contribution is 0.584. The fraction of sp³-hybridized carbons (Fsp3) is 0.417. The highest BCUT2D eigenvalue weighted by atomic mass is 32.2. The van der Waals surface area contributed by atoms with Crippen molar-refractivity contribution in [3.8, 4) is 0 Å². The number of hydrogen-bond acceptors (Lipinski definition) is 3. The zero-order chi connectivity index (χ0) is 12.5. The molecule has 17 heavy (non-hydrogen) atoms. The molecule has 1 saturated carbocycles. The highest BCUT2D eigenvalue weighted by Gasteiger charge is 2.25. The van der Waals surface area contributed by atoms with Crippen molar-refractivity contribution in [2.75, 3.05) is 0 Å². The van der Waals surface area contributed by atoms with Crippen molar-refractivity contribution in [2.45, 2.75) is 31.6 Å². The summed E-state index contributed by atoms with van der Waals surface area (Å²) >= 11 is 0. The van der Waals surface area contributed by atoms with Gasteiger partial charge in [0.25, 0.3) is 10.0 Å². The Kier molecular flexibility index (Phi) is 3.19. The van der Waals surface area contributed by atoms with Crippen LogP contribution in [0.1, 0.15) is 25.3 Å². The molecule has 0 aliphatic heterocycles. The first-order valence-electron chi connectivity index (χ1n) is 5.62. The van der Waals surface area contributed by atoms with Crippen molar-refractivity contribution in [1.82, 2.24) is 4.83 Å². The zero-order valence-corrected chi connectivity index (χ0v) is 10.8. The first-order chi connectivity index (χ1) is 7.99. The van der Waals surface area contributed by atoms with Crippen LogP contribution >= 0.6 is 0 Å². The van der Waals surface area contributed by atoms with E-state index >= 15 is 0 Å². The van der Waals surface area contributed by atoms with Crippen molar-refractivity contribution >= 4 is 15.7 Å². The molecule has 2 rings (SSSR count). The summed E-state index contributed by atoms with van der Waals surface area (Å²) < 4.78 is 23.7. The molecule has 0 bridgehead atoms. The van der Waals surface area contributed by atoms with E-state index in [0.717, 1.165) is 24.1 Å². The fourth-order valence-electron chi connectivity index (χ4n) is 1.49. The van der Waals surface area contributed by atoms with Gasteiger partial charge in [0.1, 0.15) is 0 Å². The smallest absolute Gasteiger partial charge is 0.200 e. The molecular formula is C12H16N2O2S. The molecule has 0 atom stereocenters. The SMILES string of the molecule is C/C(=N/NS(=O)(=O)c1ccc(C)cc1)C1CC1. The highest BCUT2D eigenvalue weighted by Crippen LogP contribution is 2.30. The number of benzene rings is 1. The topological polar surface area (TPSA) is 58.5 Å². The van der Waals surface area contributed by atoms with Crippen molar-refractivity contribution in [2.24, 2.45) is 11.0 Å². The zero-order valence-electron chi connectivity index (χ0n) is 9.97. The van der Waals surface area contributed by atoms with E-state index in [1.807, 2.05) is 13.8 Å². The van der Waals surface area contributed by atoms with Gasteiger partial charge >= 0.3 is 0 Å². The number of nitrogens with zero attached hydrogens (tertiary/aromatic N) is 1. The minimum atomic E-state index is -3.52. The average Bonchev–Trinajstić information content (AvgIpc) is 3.10. The number of hydrazone groups is 1. The van der Waals surface area contributed by atoms with E-state index in [-0.39, 0.29) is 4.90 Å².